The number of nitrogens with zero attached hydrogens (tertiary/aromatic N) is 4. The second-order valence-electron chi connectivity index (χ2n) is 7.98. The third-order valence-electron chi connectivity index (χ3n) is 5.83. The van der Waals surface area contributed by atoms with E-state index in [2.05, 4.69) is 62.8 Å². The number of piperazine rings is 1. The van der Waals surface area contributed by atoms with Gasteiger partial charge in [-0.15, -0.1) is 11.3 Å². The van der Waals surface area contributed by atoms with Gasteiger partial charge in [0.15, 0.2) is 0 Å². The van der Waals surface area contributed by atoms with Gasteiger partial charge in [-0.1, -0.05) is 6.07 Å². The van der Waals surface area contributed by atoms with Gasteiger partial charge in [0.1, 0.15) is 5.82 Å². The Morgan fingerprint density at radius 3 is 2.68 bits per heavy atom. The lowest BCUT2D eigenvalue weighted by molar-refractivity contribution is 0.244. The quantitative estimate of drug-likeness (QED) is 0.638. The number of aromatic nitrogens is 1. The van der Waals surface area contributed by atoms with E-state index >= 15 is 0 Å². The van der Waals surface area contributed by atoms with Crippen LogP contribution >= 0.6 is 11.3 Å². The van der Waals surface area contributed by atoms with Gasteiger partial charge in [-0.25, -0.2) is 9.78 Å². The van der Waals surface area contributed by atoms with Crippen LogP contribution in [0.25, 0.3) is 0 Å². The number of nitrogens with one attached hydrogen (secondary N) is 2. The zero-order chi connectivity index (χ0) is 21.2. The van der Waals surface area contributed by atoms with Crippen LogP contribution < -0.4 is 20.4 Å². The van der Waals surface area contributed by atoms with Crippen LogP contribution in [0, 0.1) is 0 Å². The van der Waals surface area contributed by atoms with Crippen molar-refractivity contribution in [3.05, 3.63) is 64.5 Å². The minimum atomic E-state index is -0.0745. The molecule has 4 heterocycles. The molecule has 1 aromatic carbocycles. The number of rotatable bonds is 5. The van der Waals surface area contributed by atoms with E-state index in [1.54, 1.807) is 16.2 Å². The van der Waals surface area contributed by atoms with Crippen molar-refractivity contribution in [2.45, 2.75) is 13.1 Å². The first-order valence-electron chi connectivity index (χ1n) is 10.5. The van der Waals surface area contributed by atoms with Gasteiger partial charge < -0.3 is 20.4 Å². The van der Waals surface area contributed by atoms with Crippen molar-refractivity contribution in [1.29, 1.82) is 0 Å². The van der Waals surface area contributed by atoms with E-state index in [1.807, 2.05) is 23.7 Å². The van der Waals surface area contributed by atoms with Crippen LogP contribution in [0.15, 0.2) is 54.0 Å². The summed E-state index contributed by atoms with van der Waals surface area (Å²) in [6.07, 6.45) is 1.84. The number of anilines is 4. The summed E-state index contributed by atoms with van der Waals surface area (Å²) < 4.78 is 0. The fraction of sp³-hybridized carbons (Fsp3) is 0.304. The van der Waals surface area contributed by atoms with E-state index < -0.39 is 0 Å². The zero-order valence-electron chi connectivity index (χ0n) is 17.5. The van der Waals surface area contributed by atoms with Gasteiger partial charge in [-0.3, -0.25) is 4.90 Å². The summed E-state index contributed by atoms with van der Waals surface area (Å²) in [6, 6.07) is 14.4. The van der Waals surface area contributed by atoms with Crippen LogP contribution in [0.4, 0.5) is 27.7 Å². The number of benzene rings is 1. The van der Waals surface area contributed by atoms with Crippen molar-refractivity contribution in [1.82, 2.24) is 15.2 Å². The Bertz CT molecular complexity index is 1040. The Kier molecular flexibility index (Phi) is 5.48. The van der Waals surface area contributed by atoms with Crippen LogP contribution in [0.3, 0.4) is 0 Å². The first kappa shape index (κ1) is 19.8. The van der Waals surface area contributed by atoms with Gasteiger partial charge in [0.2, 0.25) is 0 Å². The molecule has 2 aromatic heterocycles. The third-order valence-corrected chi connectivity index (χ3v) is 6.69. The summed E-state index contributed by atoms with van der Waals surface area (Å²) in [4.78, 5) is 24.8. The average molecular weight is 435 g/mol. The molecule has 0 unspecified atom stereocenters. The number of amides is 2. The Balaban J connectivity index is 1.32. The number of pyridine rings is 1. The standard InChI is InChI=1S/C23H26N6OS/c1-27-8-10-28(11-9-27)19-6-4-18(5-7-19)26-22-13-21-17(14-24-22)15-25-23(30)29(21)16-20-3-2-12-31-20/h2-7,12-14H,8-11,15-16H2,1H3,(H,24,26)(H,25,30). The van der Waals surface area contributed by atoms with Crippen LogP contribution in [0.2, 0.25) is 0 Å². The van der Waals surface area contributed by atoms with E-state index in [0.29, 0.717) is 13.1 Å². The smallest absolute Gasteiger partial charge is 0.322 e. The first-order chi connectivity index (χ1) is 15.2. The normalized spacial score (nSPS) is 16.7. The molecule has 0 saturated carbocycles. The molecule has 2 N–H and O–H groups in total. The lowest BCUT2D eigenvalue weighted by Crippen LogP contribution is -2.44. The Morgan fingerprint density at radius 1 is 1.13 bits per heavy atom. The monoisotopic (exact) mass is 434 g/mol. The molecule has 1 fully saturated rings. The number of likely N-dealkylation sites (N-methyl/N-ethyl adjacent to an activating group) is 1. The molecule has 160 valence electrons. The summed E-state index contributed by atoms with van der Waals surface area (Å²) in [6.45, 7) is 5.35. The van der Waals surface area contributed by atoms with Crippen molar-refractivity contribution in [3.63, 3.8) is 0 Å². The van der Waals surface area contributed by atoms with Crippen LogP contribution in [-0.4, -0.2) is 49.1 Å². The highest BCUT2D eigenvalue weighted by molar-refractivity contribution is 7.09. The van der Waals surface area contributed by atoms with Gasteiger partial charge in [0.05, 0.1) is 12.2 Å². The number of carbonyl (C=O) groups is 1. The van der Waals surface area contributed by atoms with E-state index in [9.17, 15) is 4.79 Å². The minimum absolute atomic E-state index is 0.0745. The lowest BCUT2D eigenvalue weighted by Gasteiger charge is -2.34. The van der Waals surface area contributed by atoms with Gasteiger partial charge in [0, 0.05) is 66.8 Å². The maximum absolute atomic E-state index is 12.5. The molecule has 5 rings (SSSR count). The van der Waals surface area contributed by atoms with Crippen LogP contribution in [-0.2, 0) is 13.1 Å². The number of urea groups is 1. The van der Waals surface area contributed by atoms with Crippen molar-refractivity contribution in [3.8, 4) is 0 Å². The van der Waals surface area contributed by atoms with E-state index in [4.69, 9.17) is 0 Å². The second kappa shape index (κ2) is 8.56. The number of hydrogen-bond donors (Lipinski definition) is 2. The van der Waals surface area contributed by atoms with Crippen molar-refractivity contribution < 1.29 is 4.79 Å². The highest BCUT2D eigenvalue weighted by atomic mass is 32.1. The van der Waals surface area contributed by atoms with Gasteiger partial charge in [-0.2, -0.15) is 0 Å². The van der Waals surface area contributed by atoms with Crippen LogP contribution in [0.1, 0.15) is 10.4 Å². The SMILES string of the molecule is CN1CCN(c2ccc(Nc3cc4c(cn3)CNC(=O)N4Cc3cccs3)cc2)CC1. The summed E-state index contributed by atoms with van der Waals surface area (Å²) in [5.41, 5.74) is 4.15. The molecule has 0 radical (unpaired) electrons. The Hall–Kier alpha value is -3.10. The molecule has 0 aliphatic carbocycles. The molecule has 7 nitrogen and oxygen atoms in total. The molecule has 2 aliphatic rings. The van der Waals surface area contributed by atoms with Gasteiger partial charge in [0.25, 0.3) is 0 Å². The summed E-state index contributed by atoms with van der Waals surface area (Å²) in [5.74, 6) is 0.733. The predicted molar refractivity (Wildman–Crippen MR) is 126 cm³/mol. The molecule has 3 aromatic rings. The molecular weight excluding hydrogens is 408 g/mol. The fourth-order valence-corrected chi connectivity index (χ4v) is 4.68. The molecule has 0 atom stereocenters. The topological polar surface area (TPSA) is 63.7 Å². The second-order valence-corrected chi connectivity index (χ2v) is 9.02. The minimum Gasteiger partial charge on any atom is -0.369 e. The Morgan fingerprint density at radius 2 is 1.94 bits per heavy atom. The third kappa shape index (κ3) is 4.35. The average Bonchev–Trinajstić information content (AvgIpc) is 3.30. The molecule has 0 bridgehead atoms. The zero-order valence-corrected chi connectivity index (χ0v) is 18.4. The first-order valence-corrected chi connectivity index (χ1v) is 11.4. The van der Waals surface area contributed by atoms with E-state index in [-0.39, 0.29) is 6.03 Å². The number of hydrogen-bond acceptors (Lipinski definition) is 6. The maximum atomic E-state index is 12.5. The fourth-order valence-electron chi connectivity index (χ4n) is 3.99. The van der Waals surface area contributed by atoms with Crippen molar-refractivity contribution in [2.24, 2.45) is 0 Å². The number of thiophene rings is 1. The molecule has 0 spiro atoms. The summed E-state index contributed by atoms with van der Waals surface area (Å²) in [5, 5.41) is 8.36. The Labute approximate surface area is 186 Å². The molecule has 1 saturated heterocycles. The molecular formula is C23H26N6OS. The molecule has 8 heteroatoms. The highest BCUT2D eigenvalue weighted by Crippen LogP contribution is 2.30. The lowest BCUT2D eigenvalue weighted by atomic mass is 10.1. The van der Waals surface area contributed by atoms with Gasteiger partial charge in [-0.05, 0) is 42.8 Å². The van der Waals surface area contributed by atoms with Crippen molar-refractivity contribution in [2.75, 3.05) is 48.3 Å². The summed E-state index contributed by atoms with van der Waals surface area (Å²) in [7, 11) is 2.17. The largest absolute Gasteiger partial charge is 0.369 e. The van der Waals surface area contributed by atoms with Crippen molar-refractivity contribution >= 4 is 40.2 Å². The predicted octanol–water partition coefficient (Wildman–Crippen LogP) is 3.87. The number of carbonyl (C=O) groups excluding carboxylic acids is 1. The highest BCUT2D eigenvalue weighted by Gasteiger charge is 2.25. The van der Waals surface area contributed by atoms with Crippen LogP contribution in [0.5, 0.6) is 0 Å². The summed E-state index contributed by atoms with van der Waals surface area (Å²) >= 11 is 1.65. The van der Waals surface area contributed by atoms with Gasteiger partial charge >= 0.3 is 6.03 Å². The van der Waals surface area contributed by atoms with E-state index in [0.717, 1.165) is 53.8 Å². The maximum Gasteiger partial charge on any atom is 0.322 e. The molecule has 2 amide bonds. The van der Waals surface area contributed by atoms with E-state index in [1.165, 1.54) is 5.69 Å². The molecule has 31 heavy (non-hydrogen) atoms. The number of fused-ring (bicyclic) bond motifs is 1. The molecule has 2 aliphatic heterocycles.